The van der Waals surface area contributed by atoms with Gasteiger partial charge in [0.05, 0.1) is 6.04 Å². The number of para-hydroxylation sites is 1. The molecule has 8 atom stereocenters. The molecule has 0 saturated heterocycles. The third-order valence-corrected chi connectivity index (χ3v) is 15.7. The number of rotatable bonds is 26. The van der Waals surface area contributed by atoms with E-state index in [1.54, 1.807) is 86.8 Å². The number of amides is 7. The lowest BCUT2D eigenvalue weighted by Gasteiger charge is -2.37. The van der Waals surface area contributed by atoms with E-state index in [0.717, 1.165) is 16.2 Å². The van der Waals surface area contributed by atoms with Crippen molar-refractivity contribution in [2.45, 2.75) is 101 Å². The van der Waals surface area contributed by atoms with E-state index in [4.69, 9.17) is 17.2 Å². The number of aromatic hydroxyl groups is 1. The minimum atomic E-state index is -2.02. The van der Waals surface area contributed by atoms with Gasteiger partial charge in [-0.2, -0.15) is 25.3 Å². The lowest BCUT2D eigenvalue weighted by molar-refractivity contribution is -0.156. The van der Waals surface area contributed by atoms with E-state index < -0.39 is 101 Å². The second-order valence-corrected chi connectivity index (χ2v) is 22.3. The van der Waals surface area contributed by atoms with Crippen molar-refractivity contribution in [3.8, 4) is 5.75 Å². The lowest BCUT2D eigenvalue weighted by atomic mass is 9.90. The standard InChI is InChI=1S/C62H72N10O10S2/c1-35(2)52(56(77)69-51(34-84)55(76)71-62(4,60(81)82)43-24-22-38-13-6-8-15-40(38)30-43)72(57(78)46(64)17-11-27-63)58(79)49(31-41-32-66-47-18-10-9-16-45(41)47)68-53(74)48(28-36-19-25-44(73)26-20-36)67-54(75)50(33-83)70-59(80)61(3,65)42-23-21-37-12-5-7-14-39(37)29-42/h5-10,12-16,18-26,29-30,32,35,46,48-52,66,73,83-84H,11,17,27-28,31,33-34,63-65H2,1-4H3,(H,67,75)(H,68,74)(H,69,77)(H,70,80)(H,71,76)(H,81,82)/t46?,48-,49-,50-,51-,52-,61+,62+/m0/s1. The maximum Gasteiger partial charge on any atom is 0.333 e. The number of phenolic OH excluding ortho intramolecular Hbond substituents is 1. The number of imide groups is 1. The highest BCUT2D eigenvalue weighted by atomic mass is 32.1. The number of carboxylic acids is 1. The molecule has 7 rings (SSSR count). The van der Waals surface area contributed by atoms with Gasteiger partial charge in [-0.05, 0) is 113 Å². The molecule has 1 unspecified atom stereocenters. The molecule has 84 heavy (non-hydrogen) atoms. The van der Waals surface area contributed by atoms with E-state index in [1.165, 1.54) is 38.1 Å². The molecule has 0 aliphatic carbocycles. The number of hydrogen-bond acceptors (Lipinski definition) is 14. The number of aliphatic carboxylic acids is 1. The van der Waals surface area contributed by atoms with Gasteiger partial charge in [0.1, 0.15) is 41.5 Å². The number of phenols is 1. The Balaban J connectivity index is 1.22. The Morgan fingerprint density at radius 1 is 0.631 bits per heavy atom. The summed E-state index contributed by atoms with van der Waals surface area (Å²) in [6.45, 7) is 6.04. The molecule has 0 bridgehead atoms. The monoisotopic (exact) mass is 1180 g/mol. The predicted octanol–water partition coefficient (Wildman–Crippen LogP) is 4.20. The second-order valence-electron chi connectivity index (χ2n) is 21.5. The van der Waals surface area contributed by atoms with Gasteiger partial charge < -0.3 is 59.0 Å². The van der Waals surface area contributed by atoms with Gasteiger partial charge in [-0.3, -0.25) is 38.5 Å². The van der Waals surface area contributed by atoms with E-state index in [9.17, 15) is 39.0 Å². The van der Waals surface area contributed by atoms with E-state index in [-0.39, 0.29) is 55.0 Å². The summed E-state index contributed by atoms with van der Waals surface area (Å²) in [6.07, 6.45) is 1.31. The van der Waals surface area contributed by atoms with Crippen molar-refractivity contribution in [2.75, 3.05) is 18.1 Å². The molecule has 7 aromatic rings. The van der Waals surface area contributed by atoms with Crippen LogP contribution in [-0.2, 0) is 62.3 Å². The second kappa shape index (κ2) is 27.9. The molecule has 1 aromatic heterocycles. The SMILES string of the molecule is CC(C)[C@@H](C(=O)N[C@@H](CS)C(=O)N[C@@](C)(C(=O)O)c1ccc2ccccc2c1)N(C(=O)C(N)CCCN)C(=O)[C@H](Cc1c[nH]c2ccccc12)NC(=O)[C@H](Cc1ccc(O)cc1)NC(=O)[C@H](CS)NC(=O)[C@](C)(N)c1ccc2ccccc2c1. The molecule has 7 amide bonds. The summed E-state index contributed by atoms with van der Waals surface area (Å²) in [5, 5.41) is 38.1. The van der Waals surface area contributed by atoms with Gasteiger partial charge in [0.2, 0.25) is 35.4 Å². The number of nitrogens with one attached hydrogen (secondary N) is 6. The van der Waals surface area contributed by atoms with E-state index >= 15 is 9.59 Å². The maximum absolute atomic E-state index is 15.8. The highest BCUT2D eigenvalue weighted by molar-refractivity contribution is 7.80. The van der Waals surface area contributed by atoms with Crippen LogP contribution in [0.3, 0.4) is 0 Å². The molecule has 14 N–H and O–H groups in total. The minimum Gasteiger partial charge on any atom is -0.508 e. The average molecular weight is 1180 g/mol. The number of aromatic nitrogens is 1. The van der Waals surface area contributed by atoms with Crippen molar-refractivity contribution >= 4 is 105 Å². The van der Waals surface area contributed by atoms with Crippen LogP contribution in [0.25, 0.3) is 32.4 Å². The normalized spacial score (nSPS) is 15.1. The first-order chi connectivity index (χ1) is 40.0. The summed E-state index contributed by atoms with van der Waals surface area (Å²) in [4.78, 5) is 120. The molecule has 0 radical (unpaired) electrons. The first kappa shape index (κ1) is 63.3. The Hall–Kier alpha value is -8.28. The van der Waals surface area contributed by atoms with Gasteiger partial charge in [0.15, 0.2) is 5.54 Å². The number of H-pyrrole nitrogens is 1. The summed E-state index contributed by atoms with van der Waals surface area (Å²) in [5.74, 6) is -9.60. The van der Waals surface area contributed by atoms with Crippen LogP contribution < -0.4 is 43.8 Å². The summed E-state index contributed by atoms with van der Waals surface area (Å²) >= 11 is 8.77. The number of hydrogen-bond donors (Lipinski definition) is 13. The Labute approximate surface area is 497 Å². The Kier molecular flexibility index (Phi) is 21.0. The number of carboxylic acid groups (broad SMARTS) is 1. The first-order valence-electron chi connectivity index (χ1n) is 27.4. The first-order valence-corrected chi connectivity index (χ1v) is 28.7. The zero-order valence-electron chi connectivity index (χ0n) is 47.0. The van der Waals surface area contributed by atoms with E-state index in [2.05, 4.69) is 56.8 Å². The number of thiol groups is 2. The average Bonchev–Trinajstić information content (AvgIpc) is 3.83. The Bertz CT molecular complexity index is 3560. The molecule has 0 saturated carbocycles. The number of aromatic amines is 1. The fraction of sp³-hybridized carbons (Fsp3) is 0.323. The quantitative estimate of drug-likeness (QED) is 0.0339. The van der Waals surface area contributed by atoms with Crippen molar-refractivity contribution in [1.82, 2.24) is 36.5 Å². The van der Waals surface area contributed by atoms with Crippen LogP contribution in [0, 0.1) is 5.92 Å². The van der Waals surface area contributed by atoms with Crippen LogP contribution in [0.5, 0.6) is 5.75 Å². The number of carbonyl (C=O) groups is 8. The zero-order valence-corrected chi connectivity index (χ0v) is 48.8. The molecular weight excluding hydrogens is 1110 g/mol. The Morgan fingerprint density at radius 3 is 1.76 bits per heavy atom. The van der Waals surface area contributed by atoms with Crippen molar-refractivity contribution < 1.29 is 48.6 Å². The largest absolute Gasteiger partial charge is 0.508 e. The highest BCUT2D eigenvalue weighted by Gasteiger charge is 2.45. The zero-order chi connectivity index (χ0) is 61.0. The van der Waals surface area contributed by atoms with Crippen molar-refractivity contribution in [1.29, 1.82) is 0 Å². The van der Waals surface area contributed by atoms with Gasteiger partial charge >= 0.3 is 5.97 Å². The number of nitrogens with two attached hydrogens (primary N) is 3. The van der Waals surface area contributed by atoms with Crippen molar-refractivity contribution in [3.63, 3.8) is 0 Å². The molecule has 0 spiro atoms. The summed E-state index contributed by atoms with van der Waals surface area (Å²) in [6, 6.07) is 28.7. The topological polar surface area (TPSA) is 334 Å². The van der Waals surface area contributed by atoms with Gasteiger partial charge in [-0.1, -0.05) is 117 Å². The van der Waals surface area contributed by atoms with Crippen LogP contribution >= 0.6 is 25.3 Å². The fourth-order valence-electron chi connectivity index (χ4n) is 9.93. The van der Waals surface area contributed by atoms with Gasteiger partial charge in [0.25, 0.3) is 5.91 Å². The van der Waals surface area contributed by atoms with Crippen LogP contribution in [0.15, 0.2) is 140 Å². The van der Waals surface area contributed by atoms with Crippen LogP contribution in [0.2, 0.25) is 0 Å². The van der Waals surface area contributed by atoms with Crippen molar-refractivity contribution in [3.05, 3.63) is 162 Å². The summed E-state index contributed by atoms with van der Waals surface area (Å²) < 4.78 is 0. The summed E-state index contributed by atoms with van der Waals surface area (Å²) in [7, 11) is 0. The molecule has 1 heterocycles. The van der Waals surface area contributed by atoms with Gasteiger partial charge in [-0.25, -0.2) is 4.79 Å². The molecular formula is C62H72N10O10S2. The highest BCUT2D eigenvalue weighted by Crippen LogP contribution is 2.28. The number of fused-ring (bicyclic) bond motifs is 3. The smallest absolute Gasteiger partial charge is 0.333 e. The van der Waals surface area contributed by atoms with Crippen LogP contribution in [0.1, 0.15) is 62.8 Å². The molecule has 6 aromatic carbocycles. The fourth-order valence-corrected chi connectivity index (χ4v) is 10.4. The summed E-state index contributed by atoms with van der Waals surface area (Å²) in [5.41, 5.74) is 17.7. The number of nitrogens with zero attached hydrogens (tertiary/aromatic N) is 1. The number of carbonyl (C=O) groups excluding carboxylic acids is 7. The molecule has 22 heteroatoms. The van der Waals surface area contributed by atoms with Crippen LogP contribution in [0.4, 0.5) is 0 Å². The third-order valence-electron chi connectivity index (χ3n) is 15.0. The molecule has 20 nitrogen and oxygen atoms in total. The van der Waals surface area contributed by atoms with Crippen molar-refractivity contribution in [2.24, 2.45) is 23.1 Å². The molecule has 0 aliphatic heterocycles. The van der Waals surface area contributed by atoms with E-state index in [1.807, 2.05) is 42.5 Å². The van der Waals surface area contributed by atoms with Gasteiger partial charge in [0, 0.05) is 41.4 Å². The Morgan fingerprint density at radius 2 is 1.17 bits per heavy atom. The molecule has 0 aliphatic rings. The third kappa shape index (κ3) is 14.7. The minimum absolute atomic E-state index is 0.0234. The lowest BCUT2D eigenvalue weighted by Crippen LogP contribution is -2.65. The van der Waals surface area contributed by atoms with E-state index in [0.29, 0.717) is 37.9 Å². The predicted molar refractivity (Wildman–Crippen MR) is 329 cm³/mol. The van der Waals surface area contributed by atoms with Crippen LogP contribution in [-0.4, -0.2) is 122 Å². The van der Waals surface area contributed by atoms with Gasteiger partial charge in [-0.15, -0.1) is 0 Å². The maximum atomic E-state index is 15.8. The molecule has 0 fully saturated rings. The molecule has 442 valence electrons. The number of benzene rings is 6.